The summed E-state index contributed by atoms with van der Waals surface area (Å²) in [5.74, 6) is -1.01. The first-order valence-electron chi connectivity index (χ1n) is 21.3. The first-order chi connectivity index (χ1) is 24.8. The van der Waals surface area contributed by atoms with E-state index in [9.17, 15) is 22.9 Å². The molecule has 0 spiro atoms. The summed E-state index contributed by atoms with van der Waals surface area (Å²) in [7, 11) is -4.36. The quantitative estimate of drug-likeness (QED) is 0.0333. The minimum atomic E-state index is -4.36. The summed E-state index contributed by atoms with van der Waals surface area (Å²) in [4.78, 5) is 12.5. The number of hydrogen-bond acceptors (Lipinski definition) is 4. The fourth-order valence-electron chi connectivity index (χ4n) is 6.24. The van der Waals surface area contributed by atoms with Crippen molar-refractivity contribution in [3.63, 3.8) is 0 Å². The molecule has 0 fully saturated rings. The van der Waals surface area contributed by atoms with Gasteiger partial charge in [-0.2, -0.15) is 8.42 Å². The Labute approximate surface area is 316 Å². The molecular formula is C44H81NO5S. The molecule has 0 aromatic carbocycles. The highest BCUT2D eigenvalue weighted by Gasteiger charge is 2.24. The number of hydrogen-bond donors (Lipinski definition) is 3. The topological polar surface area (TPSA) is 104 Å². The van der Waals surface area contributed by atoms with Crippen molar-refractivity contribution in [1.29, 1.82) is 0 Å². The second kappa shape index (κ2) is 38.0. The number of rotatable bonds is 38. The van der Waals surface area contributed by atoms with Crippen molar-refractivity contribution >= 4 is 16.0 Å². The van der Waals surface area contributed by atoms with Gasteiger partial charge in [-0.05, 0) is 70.6 Å². The van der Waals surface area contributed by atoms with E-state index in [1.54, 1.807) is 6.08 Å². The third-order valence-electron chi connectivity index (χ3n) is 9.46. The fourth-order valence-corrected chi connectivity index (χ4v) is 6.97. The maximum absolute atomic E-state index is 12.5. The first-order valence-corrected chi connectivity index (χ1v) is 22.9. The summed E-state index contributed by atoms with van der Waals surface area (Å²) in [6.45, 7) is 4.52. The van der Waals surface area contributed by atoms with Crippen LogP contribution in [0.5, 0.6) is 0 Å². The molecule has 0 radical (unpaired) electrons. The molecule has 0 aliphatic heterocycles. The molecule has 0 rings (SSSR count). The number of aliphatic hydroxyl groups is 1. The second-order valence-corrected chi connectivity index (χ2v) is 16.1. The molecule has 298 valence electrons. The number of amides is 1. The minimum absolute atomic E-state index is 0.279. The van der Waals surface area contributed by atoms with E-state index in [4.69, 9.17) is 0 Å². The van der Waals surface area contributed by atoms with Crippen LogP contribution in [0, 0.1) is 0 Å². The summed E-state index contributed by atoms with van der Waals surface area (Å²) in [6.07, 6.45) is 51.0. The lowest BCUT2D eigenvalue weighted by atomic mass is 10.1. The number of unbranched alkanes of at least 4 members (excludes halogenated alkanes) is 24. The lowest BCUT2D eigenvalue weighted by Crippen LogP contribution is -2.46. The lowest BCUT2D eigenvalue weighted by Gasteiger charge is -2.21. The second-order valence-electron chi connectivity index (χ2n) is 14.6. The van der Waals surface area contributed by atoms with Gasteiger partial charge < -0.3 is 10.4 Å². The van der Waals surface area contributed by atoms with Gasteiger partial charge in [-0.1, -0.05) is 178 Å². The Kier molecular flexibility index (Phi) is 36.8. The van der Waals surface area contributed by atoms with E-state index >= 15 is 0 Å². The van der Waals surface area contributed by atoms with E-state index in [0.717, 1.165) is 51.4 Å². The third-order valence-corrected chi connectivity index (χ3v) is 10.2. The van der Waals surface area contributed by atoms with Crippen LogP contribution >= 0.6 is 0 Å². The lowest BCUT2D eigenvalue weighted by molar-refractivity contribution is -0.122. The van der Waals surface area contributed by atoms with Gasteiger partial charge in [0.25, 0.3) is 10.1 Å². The van der Waals surface area contributed by atoms with E-state index in [1.807, 2.05) is 0 Å². The molecule has 0 heterocycles. The van der Waals surface area contributed by atoms with Crippen LogP contribution in [-0.2, 0) is 14.9 Å². The average Bonchev–Trinajstić information content (AvgIpc) is 3.09. The Hall–Kier alpha value is -1.70. The fraction of sp³-hybridized carbons (Fsp3) is 0.795. The molecule has 2 unspecified atom stereocenters. The van der Waals surface area contributed by atoms with Crippen LogP contribution < -0.4 is 5.32 Å². The Morgan fingerprint density at radius 3 is 1.24 bits per heavy atom. The van der Waals surface area contributed by atoms with Crippen LogP contribution in [0.4, 0.5) is 0 Å². The largest absolute Gasteiger partial charge is 0.387 e. The van der Waals surface area contributed by atoms with Gasteiger partial charge in [0.2, 0.25) is 5.91 Å². The number of nitrogens with one attached hydrogen (secondary N) is 1. The Balaban J connectivity index is 3.99. The molecule has 2 atom stereocenters. The molecule has 0 bridgehead atoms. The zero-order chi connectivity index (χ0) is 37.5. The van der Waals surface area contributed by atoms with Gasteiger partial charge in [-0.15, -0.1) is 0 Å². The standard InChI is InChI=1S/C44H81NO5S/c1-3-5-7-9-11-13-15-17-19-21-23-25-27-29-31-33-35-37-39-43(46)42(41-51(48,49)50)45-44(47)40-38-36-34-32-30-28-26-24-22-20-18-16-14-12-10-8-6-4-2/h20-23,29,31,37,39,42-43,46H,3-19,24-28,30,32-36,38,40-41H2,1-2H3,(H,45,47)(H,48,49,50)/b22-20-,23-21+,31-29+,39-37+. The van der Waals surface area contributed by atoms with Crippen LogP contribution in [0.15, 0.2) is 48.6 Å². The van der Waals surface area contributed by atoms with Crippen LogP contribution in [0.1, 0.15) is 206 Å². The monoisotopic (exact) mass is 736 g/mol. The molecular weight excluding hydrogens is 655 g/mol. The van der Waals surface area contributed by atoms with E-state index in [2.05, 4.69) is 55.6 Å². The van der Waals surface area contributed by atoms with Gasteiger partial charge in [-0.3, -0.25) is 9.35 Å². The van der Waals surface area contributed by atoms with E-state index in [0.29, 0.717) is 6.42 Å². The molecule has 3 N–H and O–H groups in total. The van der Waals surface area contributed by atoms with Gasteiger partial charge in [0.1, 0.15) is 0 Å². The minimum Gasteiger partial charge on any atom is -0.387 e. The average molecular weight is 736 g/mol. The van der Waals surface area contributed by atoms with Crippen molar-refractivity contribution in [2.45, 2.75) is 219 Å². The maximum atomic E-state index is 12.5. The van der Waals surface area contributed by atoms with Crippen molar-refractivity contribution in [1.82, 2.24) is 5.32 Å². The number of carbonyl (C=O) groups is 1. The van der Waals surface area contributed by atoms with Crippen molar-refractivity contribution in [3.05, 3.63) is 48.6 Å². The van der Waals surface area contributed by atoms with Gasteiger partial charge >= 0.3 is 0 Å². The SMILES string of the molecule is CCCCCCCCC/C=C\CCCCCCCCCC(=O)NC(CS(=O)(=O)O)C(O)/C=C/CC/C=C/CC/C=C/CCCCCCCCCC. The zero-order valence-electron chi connectivity index (χ0n) is 33.2. The van der Waals surface area contributed by atoms with Crippen molar-refractivity contribution < 1.29 is 22.9 Å². The molecule has 0 aromatic heterocycles. The number of aliphatic hydroxyl groups excluding tert-OH is 1. The van der Waals surface area contributed by atoms with Crippen molar-refractivity contribution in [2.24, 2.45) is 0 Å². The van der Waals surface area contributed by atoms with Crippen molar-refractivity contribution in [2.75, 3.05) is 5.75 Å². The molecule has 0 saturated heterocycles. The predicted molar refractivity (Wildman–Crippen MR) is 221 cm³/mol. The number of carbonyl (C=O) groups excluding carboxylic acids is 1. The van der Waals surface area contributed by atoms with Gasteiger partial charge in [0.05, 0.1) is 17.9 Å². The van der Waals surface area contributed by atoms with Gasteiger partial charge in [0.15, 0.2) is 0 Å². The Morgan fingerprint density at radius 1 is 0.510 bits per heavy atom. The van der Waals surface area contributed by atoms with Crippen LogP contribution in [0.2, 0.25) is 0 Å². The predicted octanol–water partition coefficient (Wildman–Crippen LogP) is 12.7. The summed E-state index contributed by atoms with van der Waals surface area (Å²) in [5, 5.41) is 13.2. The normalized spacial score (nSPS) is 13.7. The molecule has 0 aliphatic carbocycles. The first kappa shape index (κ1) is 49.3. The Morgan fingerprint density at radius 2 is 0.843 bits per heavy atom. The van der Waals surface area contributed by atoms with Crippen LogP contribution in [0.25, 0.3) is 0 Å². The molecule has 0 aromatic rings. The van der Waals surface area contributed by atoms with Gasteiger partial charge in [0, 0.05) is 6.42 Å². The van der Waals surface area contributed by atoms with E-state index < -0.39 is 28.0 Å². The molecule has 6 nitrogen and oxygen atoms in total. The molecule has 0 saturated carbocycles. The maximum Gasteiger partial charge on any atom is 0.267 e. The smallest absolute Gasteiger partial charge is 0.267 e. The van der Waals surface area contributed by atoms with E-state index in [-0.39, 0.29) is 12.3 Å². The molecule has 7 heteroatoms. The Bertz CT molecular complexity index is 987. The molecule has 0 aliphatic rings. The third kappa shape index (κ3) is 39.3. The highest BCUT2D eigenvalue weighted by Crippen LogP contribution is 2.13. The summed E-state index contributed by atoms with van der Waals surface area (Å²) < 4.78 is 32.5. The highest BCUT2D eigenvalue weighted by atomic mass is 32.2. The number of allylic oxidation sites excluding steroid dienone is 7. The van der Waals surface area contributed by atoms with Crippen LogP contribution in [0.3, 0.4) is 0 Å². The van der Waals surface area contributed by atoms with Crippen LogP contribution in [-0.4, -0.2) is 41.9 Å². The summed E-state index contributed by atoms with van der Waals surface area (Å²) >= 11 is 0. The summed E-state index contributed by atoms with van der Waals surface area (Å²) in [6, 6.07) is -1.08. The molecule has 1 amide bonds. The van der Waals surface area contributed by atoms with Gasteiger partial charge in [-0.25, -0.2) is 0 Å². The zero-order valence-corrected chi connectivity index (χ0v) is 34.0. The van der Waals surface area contributed by atoms with Crippen molar-refractivity contribution in [3.8, 4) is 0 Å². The van der Waals surface area contributed by atoms with E-state index in [1.165, 1.54) is 134 Å². The molecule has 51 heavy (non-hydrogen) atoms. The summed E-state index contributed by atoms with van der Waals surface area (Å²) in [5.41, 5.74) is 0. The highest BCUT2D eigenvalue weighted by molar-refractivity contribution is 7.85.